The zero-order chi connectivity index (χ0) is 20.3. The maximum Gasteiger partial charge on any atom is 0.343 e. The molecular formula is C21H26ClN3O3. The summed E-state index contributed by atoms with van der Waals surface area (Å²) in [6, 6.07) is 9.52. The van der Waals surface area contributed by atoms with Crippen LogP contribution in [0.15, 0.2) is 30.3 Å². The number of rotatable bonds is 5. The van der Waals surface area contributed by atoms with Gasteiger partial charge in [0.2, 0.25) is 0 Å². The molecule has 1 aliphatic rings. The molecule has 0 bridgehead atoms. The number of para-hydroxylation sites is 1. The van der Waals surface area contributed by atoms with Crippen LogP contribution in [0.5, 0.6) is 0 Å². The monoisotopic (exact) mass is 403 g/mol. The van der Waals surface area contributed by atoms with Crippen LogP contribution < -0.4 is 0 Å². The number of carbonyl (C=O) groups is 2. The van der Waals surface area contributed by atoms with Crippen LogP contribution in [0, 0.1) is 12.8 Å². The highest BCUT2D eigenvalue weighted by Gasteiger charge is 2.27. The number of carbonyl (C=O) groups excluding carboxylic acids is 2. The van der Waals surface area contributed by atoms with Gasteiger partial charge in [0.1, 0.15) is 10.7 Å². The molecule has 0 saturated heterocycles. The van der Waals surface area contributed by atoms with E-state index >= 15 is 0 Å². The van der Waals surface area contributed by atoms with Crippen LogP contribution in [0.4, 0.5) is 0 Å². The molecule has 28 heavy (non-hydrogen) atoms. The molecule has 1 amide bonds. The van der Waals surface area contributed by atoms with Crippen LogP contribution in [0.3, 0.4) is 0 Å². The van der Waals surface area contributed by atoms with Gasteiger partial charge < -0.3 is 9.64 Å². The summed E-state index contributed by atoms with van der Waals surface area (Å²) in [7, 11) is 1.78. The van der Waals surface area contributed by atoms with Crippen LogP contribution in [-0.2, 0) is 9.53 Å². The summed E-state index contributed by atoms with van der Waals surface area (Å²) in [5.41, 5.74) is 1.39. The molecule has 0 N–H and O–H groups in total. The van der Waals surface area contributed by atoms with Crippen molar-refractivity contribution >= 4 is 23.5 Å². The molecule has 1 heterocycles. The second kappa shape index (κ2) is 8.78. The molecule has 1 fully saturated rings. The van der Waals surface area contributed by atoms with E-state index in [1.807, 2.05) is 30.3 Å². The summed E-state index contributed by atoms with van der Waals surface area (Å²) in [4.78, 5) is 26.7. The Morgan fingerprint density at radius 3 is 2.50 bits per heavy atom. The number of aromatic nitrogens is 2. The van der Waals surface area contributed by atoms with E-state index in [0.717, 1.165) is 31.4 Å². The molecule has 1 aromatic carbocycles. The number of benzene rings is 1. The van der Waals surface area contributed by atoms with Gasteiger partial charge in [-0.3, -0.25) is 4.79 Å². The topological polar surface area (TPSA) is 64.4 Å². The van der Waals surface area contributed by atoms with Crippen molar-refractivity contribution in [3.05, 3.63) is 46.7 Å². The van der Waals surface area contributed by atoms with Crippen molar-refractivity contribution in [2.24, 2.45) is 5.92 Å². The third kappa shape index (κ3) is 4.38. The van der Waals surface area contributed by atoms with Crippen molar-refractivity contribution in [1.29, 1.82) is 0 Å². The number of hydrogen-bond acceptors (Lipinski definition) is 4. The van der Waals surface area contributed by atoms with Gasteiger partial charge in [0, 0.05) is 13.1 Å². The largest absolute Gasteiger partial charge is 0.452 e. The van der Waals surface area contributed by atoms with Gasteiger partial charge in [-0.1, -0.05) is 36.7 Å². The van der Waals surface area contributed by atoms with Crippen LogP contribution in [0.1, 0.15) is 48.7 Å². The zero-order valence-corrected chi connectivity index (χ0v) is 17.3. The summed E-state index contributed by atoms with van der Waals surface area (Å²) in [5.74, 6) is -0.121. The first-order chi connectivity index (χ1) is 13.4. The lowest BCUT2D eigenvalue weighted by atomic mass is 9.87. The van der Waals surface area contributed by atoms with Gasteiger partial charge in [-0.05, 0) is 50.7 Å². The lowest BCUT2D eigenvalue weighted by molar-refractivity contribution is -0.136. The van der Waals surface area contributed by atoms with Gasteiger partial charge in [0.15, 0.2) is 6.61 Å². The fourth-order valence-corrected chi connectivity index (χ4v) is 3.96. The predicted molar refractivity (Wildman–Crippen MR) is 108 cm³/mol. The number of amides is 1. The van der Waals surface area contributed by atoms with Crippen molar-refractivity contribution in [2.45, 2.75) is 45.6 Å². The highest BCUT2D eigenvalue weighted by Crippen LogP contribution is 2.27. The van der Waals surface area contributed by atoms with Crippen LogP contribution in [-0.4, -0.2) is 46.3 Å². The summed E-state index contributed by atoms with van der Waals surface area (Å²) >= 11 is 6.38. The number of nitrogens with zero attached hydrogens (tertiary/aromatic N) is 3. The first kappa shape index (κ1) is 20.4. The van der Waals surface area contributed by atoms with E-state index in [4.69, 9.17) is 16.3 Å². The zero-order valence-electron chi connectivity index (χ0n) is 16.5. The van der Waals surface area contributed by atoms with E-state index < -0.39 is 5.97 Å². The third-order valence-corrected chi connectivity index (χ3v) is 5.81. The molecule has 150 valence electrons. The molecule has 0 radical (unpaired) electrons. The smallest absolute Gasteiger partial charge is 0.343 e. The molecule has 0 atom stereocenters. The Kier molecular flexibility index (Phi) is 6.39. The molecule has 0 spiro atoms. The van der Waals surface area contributed by atoms with Gasteiger partial charge in [0.25, 0.3) is 5.91 Å². The Hall–Kier alpha value is -2.34. The van der Waals surface area contributed by atoms with Gasteiger partial charge in [-0.25, -0.2) is 9.48 Å². The molecule has 7 heteroatoms. The van der Waals surface area contributed by atoms with Crippen LogP contribution in [0.25, 0.3) is 5.69 Å². The van der Waals surface area contributed by atoms with Gasteiger partial charge >= 0.3 is 5.97 Å². The summed E-state index contributed by atoms with van der Waals surface area (Å²) in [6.45, 7) is 3.63. The van der Waals surface area contributed by atoms with Crippen molar-refractivity contribution in [3.8, 4) is 5.69 Å². The SMILES string of the molecule is Cc1nn(-c2ccccc2)c(Cl)c1C(=O)OCC(=O)N(C)C1CCC(C)CC1. The Morgan fingerprint density at radius 1 is 1.21 bits per heavy atom. The molecule has 6 nitrogen and oxygen atoms in total. The lowest BCUT2D eigenvalue weighted by Crippen LogP contribution is -2.41. The molecule has 1 aromatic heterocycles. The molecule has 1 saturated carbocycles. The van der Waals surface area contributed by atoms with E-state index in [2.05, 4.69) is 12.0 Å². The normalized spacial score (nSPS) is 19.3. The van der Waals surface area contributed by atoms with Gasteiger partial charge in [0.05, 0.1) is 11.4 Å². The lowest BCUT2D eigenvalue weighted by Gasteiger charge is -2.33. The minimum atomic E-state index is -0.635. The minimum Gasteiger partial charge on any atom is -0.452 e. The number of halogens is 1. The first-order valence-corrected chi connectivity index (χ1v) is 9.99. The van der Waals surface area contributed by atoms with Gasteiger partial charge in [-0.15, -0.1) is 0 Å². The highest BCUT2D eigenvalue weighted by molar-refractivity contribution is 6.33. The molecular weight excluding hydrogens is 378 g/mol. The van der Waals surface area contributed by atoms with Crippen molar-refractivity contribution in [1.82, 2.24) is 14.7 Å². The number of ether oxygens (including phenoxy) is 1. The van der Waals surface area contributed by atoms with Crippen LogP contribution >= 0.6 is 11.6 Å². The predicted octanol–water partition coefficient (Wildman–Crippen LogP) is 4.03. The van der Waals surface area contributed by atoms with E-state index in [9.17, 15) is 9.59 Å². The van der Waals surface area contributed by atoms with E-state index in [-0.39, 0.29) is 29.3 Å². The fourth-order valence-electron chi connectivity index (χ4n) is 3.61. The maximum atomic E-state index is 12.5. The summed E-state index contributed by atoms with van der Waals surface area (Å²) in [6.07, 6.45) is 4.23. The second-order valence-corrected chi connectivity index (χ2v) is 7.85. The Balaban J connectivity index is 1.64. The van der Waals surface area contributed by atoms with E-state index in [0.29, 0.717) is 11.6 Å². The molecule has 2 aromatic rings. The van der Waals surface area contributed by atoms with Crippen molar-refractivity contribution in [2.75, 3.05) is 13.7 Å². The molecule has 1 aliphatic carbocycles. The number of hydrogen-bond donors (Lipinski definition) is 0. The fraction of sp³-hybridized carbons (Fsp3) is 0.476. The average Bonchev–Trinajstić information content (AvgIpc) is 3.00. The average molecular weight is 404 g/mol. The quantitative estimate of drug-likeness (QED) is 0.707. The standard InChI is InChI=1S/C21H26ClN3O3/c1-14-9-11-16(12-10-14)24(3)18(26)13-28-21(27)19-15(2)23-25(20(19)22)17-7-5-4-6-8-17/h4-8,14,16H,9-13H2,1-3H3. The second-order valence-electron chi connectivity index (χ2n) is 7.49. The molecule has 0 aliphatic heterocycles. The Labute approximate surface area is 170 Å². The van der Waals surface area contributed by atoms with E-state index in [1.165, 1.54) is 4.68 Å². The number of esters is 1. The highest BCUT2D eigenvalue weighted by atomic mass is 35.5. The Morgan fingerprint density at radius 2 is 1.86 bits per heavy atom. The summed E-state index contributed by atoms with van der Waals surface area (Å²) in [5, 5.41) is 4.51. The van der Waals surface area contributed by atoms with E-state index in [1.54, 1.807) is 18.9 Å². The first-order valence-electron chi connectivity index (χ1n) is 9.61. The number of aryl methyl sites for hydroxylation is 1. The third-order valence-electron chi connectivity index (χ3n) is 5.46. The van der Waals surface area contributed by atoms with Crippen molar-refractivity contribution < 1.29 is 14.3 Å². The van der Waals surface area contributed by atoms with Crippen molar-refractivity contribution in [3.63, 3.8) is 0 Å². The summed E-state index contributed by atoms with van der Waals surface area (Å²) < 4.78 is 6.76. The molecule has 3 rings (SSSR count). The maximum absolute atomic E-state index is 12.5. The molecule has 0 unspecified atom stereocenters. The van der Waals surface area contributed by atoms with Gasteiger partial charge in [-0.2, -0.15) is 5.10 Å². The Bertz CT molecular complexity index is 842. The van der Waals surface area contributed by atoms with Crippen LogP contribution in [0.2, 0.25) is 5.15 Å². The minimum absolute atomic E-state index is 0.177. The number of likely N-dealkylation sites (N-methyl/N-ethyl adjacent to an activating group) is 1.